The Labute approximate surface area is 179 Å². The zero-order valence-electron chi connectivity index (χ0n) is 17.1. The van der Waals surface area contributed by atoms with E-state index in [1.54, 1.807) is 24.5 Å². The van der Waals surface area contributed by atoms with E-state index in [2.05, 4.69) is 31.0 Å². The molecule has 1 amide bonds. The number of methoxy groups -OCH3 is 1. The zero-order valence-corrected chi connectivity index (χ0v) is 17.1. The van der Waals surface area contributed by atoms with Gasteiger partial charge in [0.2, 0.25) is 0 Å². The van der Waals surface area contributed by atoms with Gasteiger partial charge in [0, 0.05) is 30.2 Å². The van der Waals surface area contributed by atoms with Crippen molar-refractivity contribution in [3.05, 3.63) is 78.4 Å². The van der Waals surface area contributed by atoms with Gasteiger partial charge in [0.15, 0.2) is 5.65 Å². The number of aromatic nitrogens is 3. The summed E-state index contributed by atoms with van der Waals surface area (Å²) in [5, 5.41) is 11.6. The van der Waals surface area contributed by atoms with Crippen molar-refractivity contribution < 1.29 is 9.53 Å². The van der Waals surface area contributed by atoms with E-state index in [0.29, 0.717) is 17.8 Å². The number of nitrogens with one attached hydrogen (secondary N) is 1. The first kappa shape index (κ1) is 19.9. The number of fused-ring (bicyclic) bond motifs is 1. The molecule has 0 unspecified atom stereocenters. The molecule has 0 aliphatic rings. The standard InChI is InChI=1S/C23H20N6O2/c1-28(20-9-3-16(11-24)4-10-20)14-19-15-29-21(12-26-22(29)13-25-19)17-5-7-18(8-6-17)27-23(30)31-2/h3-10,12-13,15H,14H2,1-2H3,(H,27,30). The number of hydrogen-bond acceptors (Lipinski definition) is 6. The molecule has 0 bridgehead atoms. The third kappa shape index (κ3) is 4.31. The lowest BCUT2D eigenvalue weighted by molar-refractivity contribution is 0.187. The maximum atomic E-state index is 11.4. The highest BCUT2D eigenvalue weighted by atomic mass is 16.5. The summed E-state index contributed by atoms with van der Waals surface area (Å²) in [5.74, 6) is 0. The van der Waals surface area contributed by atoms with Gasteiger partial charge in [-0.2, -0.15) is 5.26 Å². The van der Waals surface area contributed by atoms with Crippen LogP contribution in [0.25, 0.3) is 16.9 Å². The fraction of sp³-hybridized carbons (Fsp3) is 0.130. The van der Waals surface area contributed by atoms with Crippen molar-refractivity contribution in [3.8, 4) is 17.3 Å². The van der Waals surface area contributed by atoms with Gasteiger partial charge in [0.05, 0.1) is 49.1 Å². The van der Waals surface area contributed by atoms with Crippen molar-refractivity contribution in [3.63, 3.8) is 0 Å². The Balaban J connectivity index is 1.57. The molecule has 8 nitrogen and oxygen atoms in total. The summed E-state index contributed by atoms with van der Waals surface area (Å²) in [6, 6.07) is 17.0. The second kappa shape index (κ2) is 8.55. The molecular weight excluding hydrogens is 392 g/mol. The van der Waals surface area contributed by atoms with E-state index in [4.69, 9.17) is 5.26 Å². The second-order valence-corrected chi connectivity index (χ2v) is 6.96. The molecule has 31 heavy (non-hydrogen) atoms. The van der Waals surface area contributed by atoms with Gasteiger partial charge >= 0.3 is 6.09 Å². The molecule has 0 saturated carbocycles. The number of anilines is 2. The summed E-state index contributed by atoms with van der Waals surface area (Å²) < 4.78 is 6.61. The largest absolute Gasteiger partial charge is 0.453 e. The highest BCUT2D eigenvalue weighted by Crippen LogP contribution is 2.23. The minimum Gasteiger partial charge on any atom is -0.453 e. The fourth-order valence-electron chi connectivity index (χ4n) is 3.24. The highest BCUT2D eigenvalue weighted by molar-refractivity contribution is 5.85. The summed E-state index contributed by atoms with van der Waals surface area (Å²) >= 11 is 0. The molecular formula is C23H20N6O2. The number of ether oxygens (including phenoxy) is 1. The molecule has 0 spiro atoms. The van der Waals surface area contributed by atoms with Gasteiger partial charge in [-0.3, -0.25) is 14.7 Å². The average Bonchev–Trinajstić information content (AvgIpc) is 3.22. The molecule has 4 rings (SSSR count). The molecule has 2 aromatic carbocycles. The number of rotatable bonds is 5. The molecule has 0 fully saturated rings. The number of benzene rings is 2. The van der Waals surface area contributed by atoms with Gasteiger partial charge < -0.3 is 9.64 Å². The third-order valence-corrected chi connectivity index (χ3v) is 4.90. The van der Waals surface area contributed by atoms with Crippen LogP contribution in [-0.4, -0.2) is 34.6 Å². The van der Waals surface area contributed by atoms with Crippen molar-refractivity contribution in [2.45, 2.75) is 6.54 Å². The van der Waals surface area contributed by atoms with E-state index in [1.807, 2.05) is 54.0 Å². The number of carbonyl (C=O) groups is 1. The Morgan fingerprint density at radius 2 is 1.87 bits per heavy atom. The molecule has 0 atom stereocenters. The van der Waals surface area contributed by atoms with Crippen molar-refractivity contribution in [1.82, 2.24) is 14.4 Å². The Morgan fingerprint density at radius 1 is 1.13 bits per heavy atom. The molecule has 0 radical (unpaired) electrons. The summed E-state index contributed by atoms with van der Waals surface area (Å²) in [5.41, 5.74) is 5.78. The van der Waals surface area contributed by atoms with Gasteiger partial charge in [-0.05, 0) is 36.4 Å². The molecule has 154 valence electrons. The first-order chi connectivity index (χ1) is 15.1. The van der Waals surface area contributed by atoms with E-state index < -0.39 is 6.09 Å². The van der Waals surface area contributed by atoms with Crippen LogP contribution in [0.2, 0.25) is 0 Å². The van der Waals surface area contributed by atoms with E-state index >= 15 is 0 Å². The monoisotopic (exact) mass is 412 g/mol. The summed E-state index contributed by atoms with van der Waals surface area (Å²) in [6.07, 6.45) is 5.01. The number of nitriles is 1. The van der Waals surface area contributed by atoms with Crippen molar-refractivity contribution in [2.75, 3.05) is 24.4 Å². The summed E-state index contributed by atoms with van der Waals surface area (Å²) in [7, 11) is 3.31. The Kier molecular flexibility index (Phi) is 5.49. The predicted octanol–water partition coefficient (Wildman–Crippen LogP) is 4.08. The third-order valence-electron chi connectivity index (χ3n) is 4.90. The lowest BCUT2D eigenvalue weighted by Crippen LogP contribution is -2.17. The maximum Gasteiger partial charge on any atom is 0.411 e. The first-order valence-corrected chi connectivity index (χ1v) is 9.56. The van der Waals surface area contributed by atoms with Crippen LogP contribution >= 0.6 is 0 Å². The SMILES string of the molecule is COC(=O)Nc1ccc(-c2cnc3cnc(CN(C)c4ccc(C#N)cc4)cn23)cc1. The number of carbonyl (C=O) groups excluding carboxylic acids is 1. The lowest BCUT2D eigenvalue weighted by Gasteiger charge is -2.19. The minimum absolute atomic E-state index is 0.510. The van der Waals surface area contributed by atoms with Crippen LogP contribution in [0.4, 0.5) is 16.2 Å². The molecule has 2 aromatic heterocycles. The second-order valence-electron chi connectivity index (χ2n) is 6.96. The Hall–Kier alpha value is -4.38. The topological polar surface area (TPSA) is 95.5 Å². The van der Waals surface area contributed by atoms with Crippen LogP contribution in [0.5, 0.6) is 0 Å². The van der Waals surface area contributed by atoms with E-state index in [1.165, 1.54) is 7.11 Å². The zero-order chi connectivity index (χ0) is 21.8. The van der Waals surface area contributed by atoms with Crippen molar-refractivity contribution >= 4 is 23.1 Å². The van der Waals surface area contributed by atoms with E-state index in [9.17, 15) is 4.79 Å². The fourth-order valence-corrected chi connectivity index (χ4v) is 3.24. The minimum atomic E-state index is -0.510. The van der Waals surface area contributed by atoms with Crippen molar-refractivity contribution in [2.24, 2.45) is 0 Å². The Bertz CT molecular complexity index is 1260. The first-order valence-electron chi connectivity index (χ1n) is 9.56. The molecule has 1 N–H and O–H groups in total. The quantitative estimate of drug-likeness (QED) is 0.531. The molecule has 0 aliphatic heterocycles. The van der Waals surface area contributed by atoms with Crippen LogP contribution in [-0.2, 0) is 11.3 Å². The van der Waals surface area contributed by atoms with Gasteiger partial charge in [0.25, 0.3) is 0 Å². The van der Waals surface area contributed by atoms with Crippen molar-refractivity contribution in [1.29, 1.82) is 5.26 Å². The van der Waals surface area contributed by atoms with E-state index in [0.717, 1.165) is 28.3 Å². The molecule has 8 heteroatoms. The normalized spacial score (nSPS) is 10.5. The highest BCUT2D eigenvalue weighted by Gasteiger charge is 2.10. The van der Waals surface area contributed by atoms with Crippen LogP contribution in [0.1, 0.15) is 11.3 Å². The molecule has 4 aromatic rings. The van der Waals surface area contributed by atoms with Crippen LogP contribution in [0, 0.1) is 11.3 Å². The smallest absolute Gasteiger partial charge is 0.411 e. The van der Waals surface area contributed by atoms with Crippen LogP contribution < -0.4 is 10.2 Å². The summed E-state index contributed by atoms with van der Waals surface area (Å²) in [4.78, 5) is 22.4. The number of amides is 1. The average molecular weight is 412 g/mol. The molecule has 2 heterocycles. The predicted molar refractivity (Wildman–Crippen MR) is 118 cm³/mol. The Morgan fingerprint density at radius 3 is 2.55 bits per heavy atom. The van der Waals surface area contributed by atoms with E-state index in [-0.39, 0.29) is 0 Å². The van der Waals surface area contributed by atoms with Crippen LogP contribution in [0.15, 0.2) is 67.1 Å². The summed E-state index contributed by atoms with van der Waals surface area (Å²) in [6.45, 7) is 0.599. The van der Waals surface area contributed by atoms with Crippen LogP contribution in [0.3, 0.4) is 0 Å². The maximum absolute atomic E-state index is 11.4. The number of imidazole rings is 1. The van der Waals surface area contributed by atoms with Gasteiger partial charge in [-0.25, -0.2) is 9.78 Å². The number of nitrogens with zero attached hydrogens (tertiary/aromatic N) is 5. The molecule has 0 saturated heterocycles. The molecule has 0 aliphatic carbocycles. The lowest BCUT2D eigenvalue weighted by atomic mass is 10.1. The van der Waals surface area contributed by atoms with Gasteiger partial charge in [0.1, 0.15) is 0 Å². The van der Waals surface area contributed by atoms with Gasteiger partial charge in [-0.15, -0.1) is 0 Å². The number of hydrogen-bond donors (Lipinski definition) is 1. The van der Waals surface area contributed by atoms with Gasteiger partial charge in [-0.1, -0.05) is 12.1 Å².